The highest BCUT2D eigenvalue weighted by atomic mass is 16.4. The van der Waals surface area contributed by atoms with Crippen LogP contribution >= 0.6 is 0 Å². The Kier molecular flexibility index (Phi) is 4.69. The summed E-state index contributed by atoms with van der Waals surface area (Å²) in [6, 6.07) is 1.29. The molecule has 0 unspecified atom stereocenters. The summed E-state index contributed by atoms with van der Waals surface area (Å²) >= 11 is 0. The third-order valence-corrected chi connectivity index (χ3v) is 3.29. The van der Waals surface area contributed by atoms with Gasteiger partial charge in [0.25, 0.3) is 5.56 Å². The molecule has 0 bridgehead atoms. The maximum atomic E-state index is 11.6. The molecule has 19 heavy (non-hydrogen) atoms. The summed E-state index contributed by atoms with van der Waals surface area (Å²) in [6.07, 6.45) is 0.814. The first kappa shape index (κ1) is 15.2. The maximum Gasteiger partial charge on any atom is 0.329 e. The minimum atomic E-state index is -1.09. The molecule has 0 fully saturated rings. The van der Waals surface area contributed by atoms with Crippen molar-refractivity contribution < 1.29 is 9.90 Å². The van der Waals surface area contributed by atoms with Gasteiger partial charge >= 0.3 is 5.97 Å². The van der Waals surface area contributed by atoms with E-state index in [2.05, 4.69) is 15.3 Å². The van der Waals surface area contributed by atoms with Crippen molar-refractivity contribution in [2.45, 2.75) is 52.0 Å². The standard InChI is InChI=1S/C13H21N3O3/c1-5-13(6-2,12(18)19)16-9-7-10(17)15-11(14-9)8(3)4/h7-8H,5-6H2,1-4H3,(H,18,19)(H2,14,15,16,17). The van der Waals surface area contributed by atoms with E-state index in [4.69, 9.17) is 0 Å². The van der Waals surface area contributed by atoms with Gasteiger partial charge in [-0.05, 0) is 12.8 Å². The molecule has 0 atom stereocenters. The molecule has 1 aromatic rings. The first-order valence-electron chi connectivity index (χ1n) is 6.47. The second kappa shape index (κ2) is 5.86. The number of nitrogens with zero attached hydrogens (tertiary/aromatic N) is 1. The second-order valence-corrected chi connectivity index (χ2v) is 4.89. The number of H-pyrrole nitrogens is 1. The van der Waals surface area contributed by atoms with Crippen LogP contribution < -0.4 is 10.9 Å². The predicted molar refractivity (Wildman–Crippen MR) is 73.5 cm³/mol. The molecule has 6 heteroatoms. The van der Waals surface area contributed by atoms with E-state index in [1.165, 1.54) is 6.07 Å². The Balaban J connectivity index is 3.17. The molecule has 0 spiro atoms. The van der Waals surface area contributed by atoms with Crippen LogP contribution in [-0.2, 0) is 4.79 Å². The average molecular weight is 267 g/mol. The van der Waals surface area contributed by atoms with Crippen molar-refractivity contribution in [3.05, 3.63) is 22.2 Å². The topological polar surface area (TPSA) is 95.1 Å². The highest BCUT2D eigenvalue weighted by molar-refractivity contribution is 5.82. The van der Waals surface area contributed by atoms with Crippen molar-refractivity contribution in [2.24, 2.45) is 0 Å². The number of hydrogen-bond acceptors (Lipinski definition) is 4. The van der Waals surface area contributed by atoms with Crippen molar-refractivity contribution in [1.29, 1.82) is 0 Å². The number of rotatable bonds is 6. The van der Waals surface area contributed by atoms with Crippen molar-refractivity contribution in [3.8, 4) is 0 Å². The van der Waals surface area contributed by atoms with Gasteiger partial charge in [-0.25, -0.2) is 9.78 Å². The molecule has 6 nitrogen and oxygen atoms in total. The number of anilines is 1. The fourth-order valence-electron chi connectivity index (χ4n) is 1.84. The van der Waals surface area contributed by atoms with Gasteiger partial charge < -0.3 is 15.4 Å². The zero-order valence-corrected chi connectivity index (χ0v) is 11.8. The lowest BCUT2D eigenvalue weighted by Crippen LogP contribution is -2.45. The van der Waals surface area contributed by atoms with Crippen LogP contribution in [0, 0.1) is 0 Å². The highest BCUT2D eigenvalue weighted by Gasteiger charge is 2.35. The largest absolute Gasteiger partial charge is 0.480 e. The summed E-state index contributed by atoms with van der Waals surface area (Å²) in [4.78, 5) is 29.9. The van der Waals surface area contributed by atoms with E-state index >= 15 is 0 Å². The van der Waals surface area contributed by atoms with E-state index in [0.29, 0.717) is 24.5 Å². The van der Waals surface area contributed by atoms with Crippen LogP contribution in [0.4, 0.5) is 5.82 Å². The minimum absolute atomic E-state index is 0.0666. The predicted octanol–water partition coefficient (Wildman–Crippen LogP) is 1.95. The van der Waals surface area contributed by atoms with Crippen LogP contribution in [0.25, 0.3) is 0 Å². The van der Waals surface area contributed by atoms with Gasteiger partial charge in [0.1, 0.15) is 17.2 Å². The first-order chi connectivity index (χ1) is 8.84. The Morgan fingerprint density at radius 3 is 2.47 bits per heavy atom. The van der Waals surface area contributed by atoms with Crippen molar-refractivity contribution >= 4 is 11.8 Å². The van der Waals surface area contributed by atoms with Crippen molar-refractivity contribution in [2.75, 3.05) is 5.32 Å². The summed E-state index contributed by atoms with van der Waals surface area (Å²) in [6.45, 7) is 7.40. The Bertz CT molecular complexity index is 504. The quantitative estimate of drug-likeness (QED) is 0.732. The van der Waals surface area contributed by atoms with Gasteiger partial charge in [0.2, 0.25) is 0 Å². The van der Waals surface area contributed by atoms with Crippen molar-refractivity contribution in [1.82, 2.24) is 9.97 Å². The van der Waals surface area contributed by atoms with E-state index in [0.717, 1.165) is 0 Å². The van der Waals surface area contributed by atoms with E-state index < -0.39 is 11.5 Å². The molecular formula is C13H21N3O3. The number of hydrogen-bond donors (Lipinski definition) is 3. The van der Waals surface area contributed by atoms with Gasteiger partial charge in [0.05, 0.1) is 0 Å². The molecule has 0 amide bonds. The van der Waals surface area contributed by atoms with E-state index in [1.807, 2.05) is 13.8 Å². The Hall–Kier alpha value is -1.85. The zero-order valence-electron chi connectivity index (χ0n) is 11.8. The Morgan fingerprint density at radius 1 is 1.47 bits per heavy atom. The molecule has 0 aliphatic heterocycles. The lowest BCUT2D eigenvalue weighted by atomic mass is 9.93. The number of carbonyl (C=O) groups is 1. The summed E-state index contributed by atoms with van der Waals surface area (Å²) in [5, 5.41) is 12.3. The lowest BCUT2D eigenvalue weighted by Gasteiger charge is -2.28. The SMILES string of the molecule is CCC(CC)(Nc1cc(=O)[nH]c(C(C)C)n1)C(=O)O. The number of carboxylic acid groups (broad SMARTS) is 1. The fraction of sp³-hybridized carbons (Fsp3) is 0.615. The van der Waals surface area contributed by atoms with Gasteiger partial charge in [-0.15, -0.1) is 0 Å². The molecule has 1 aromatic heterocycles. The molecule has 0 saturated carbocycles. The summed E-state index contributed by atoms with van der Waals surface area (Å²) in [5.74, 6) is -0.0253. The number of aromatic nitrogens is 2. The number of aliphatic carboxylic acids is 1. The highest BCUT2D eigenvalue weighted by Crippen LogP contribution is 2.21. The Morgan fingerprint density at radius 2 is 2.05 bits per heavy atom. The third kappa shape index (κ3) is 3.33. The summed E-state index contributed by atoms with van der Waals surface area (Å²) < 4.78 is 0. The molecule has 106 valence electrons. The van der Waals surface area contributed by atoms with Crippen LogP contribution in [0.3, 0.4) is 0 Å². The van der Waals surface area contributed by atoms with Crippen LogP contribution in [0.2, 0.25) is 0 Å². The lowest BCUT2D eigenvalue weighted by molar-refractivity contribution is -0.142. The van der Waals surface area contributed by atoms with Crippen LogP contribution in [0.5, 0.6) is 0 Å². The minimum Gasteiger partial charge on any atom is -0.480 e. The normalized spacial score (nSPS) is 11.6. The van der Waals surface area contributed by atoms with E-state index in [9.17, 15) is 14.7 Å². The summed E-state index contributed by atoms with van der Waals surface area (Å²) in [7, 11) is 0. The number of aromatic amines is 1. The van der Waals surface area contributed by atoms with E-state index in [-0.39, 0.29) is 11.5 Å². The third-order valence-electron chi connectivity index (χ3n) is 3.29. The molecule has 3 N–H and O–H groups in total. The van der Waals surface area contributed by atoms with Gasteiger partial charge in [-0.1, -0.05) is 27.7 Å². The van der Waals surface area contributed by atoms with Crippen LogP contribution in [-0.4, -0.2) is 26.6 Å². The van der Waals surface area contributed by atoms with E-state index in [1.54, 1.807) is 13.8 Å². The number of carboxylic acids is 1. The van der Waals surface area contributed by atoms with Gasteiger partial charge in [0, 0.05) is 12.0 Å². The molecule has 1 heterocycles. The molecule has 0 aliphatic carbocycles. The molecule has 0 aromatic carbocycles. The molecule has 0 radical (unpaired) electrons. The molecule has 1 rings (SSSR count). The van der Waals surface area contributed by atoms with Gasteiger partial charge in [-0.3, -0.25) is 4.79 Å². The Labute approximate surface area is 112 Å². The first-order valence-corrected chi connectivity index (χ1v) is 6.47. The van der Waals surface area contributed by atoms with Gasteiger partial charge in [-0.2, -0.15) is 0 Å². The maximum absolute atomic E-state index is 11.6. The molecule has 0 saturated heterocycles. The van der Waals surface area contributed by atoms with Gasteiger partial charge in [0.15, 0.2) is 0 Å². The monoisotopic (exact) mass is 267 g/mol. The van der Waals surface area contributed by atoms with Crippen LogP contribution in [0.15, 0.2) is 10.9 Å². The molecule has 0 aliphatic rings. The van der Waals surface area contributed by atoms with Crippen molar-refractivity contribution in [3.63, 3.8) is 0 Å². The van der Waals surface area contributed by atoms with Crippen LogP contribution in [0.1, 0.15) is 52.3 Å². The second-order valence-electron chi connectivity index (χ2n) is 4.89. The fourth-order valence-corrected chi connectivity index (χ4v) is 1.84. The summed E-state index contributed by atoms with van der Waals surface area (Å²) in [5.41, 5.74) is -1.37. The smallest absolute Gasteiger partial charge is 0.329 e. The number of nitrogens with one attached hydrogen (secondary N) is 2. The molecular weight excluding hydrogens is 246 g/mol. The average Bonchev–Trinajstić information content (AvgIpc) is 2.35. The zero-order chi connectivity index (χ0) is 14.6.